The minimum Gasteiger partial charge on any atom is -0.352 e. The van der Waals surface area contributed by atoms with Gasteiger partial charge in [0.1, 0.15) is 12.6 Å². The van der Waals surface area contributed by atoms with Crippen molar-refractivity contribution in [2.45, 2.75) is 45.8 Å². The zero-order valence-corrected chi connectivity index (χ0v) is 24.9. The fraction of sp³-hybridized carbons (Fsp3) is 0.310. The summed E-state index contributed by atoms with van der Waals surface area (Å²) in [5.41, 5.74) is 1.60. The lowest BCUT2D eigenvalue weighted by Gasteiger charge is -2.34. The summed E-state index contributed by atoms with van der Waals surface area (Å²) in [5.74, 6) is -1.06. The van der Waals surface area contributed by atoms with Gasteiger partial charge in [-0.15, -0.1) is 0 Å². The molecule has 0 aliphatic rings. The number of anilines is 1. The normalized spacial score (nSPS) is 12.0. The van der Waals surface area contributed by atoms with E-state index in [2.05, 4.69) is 5.32 Å². The number of nitrogens with one attached hydrogen (secondary N) is 1. The molecule has 0 spiro atoms. The number of benzene rings is 3. The fourth-order valence-corrected chi connectivity index (χ4v) is 5.32. The second-order valence-electron chi connectivity index (χ2n) is 10.0. The molecule has 41 heavy (non-hydrogen) atoms. The third-order valence-corrected chi connectivity index (χ3v) is 7.70. The van der Waals surface area contributed by atoms with Crippen LogP contribution in [-0.2, 0) is 32.6 Å². The van der Waals surface area contributed by atoms with E-state index in [4.69, 9.17) is 11.6 Å². The van der Waals surface area contributed by atoms with Gasteiger partial charge in [0.2, 0.25) is 21.8 Å². The van der Waals surface area contributed by atoms with Crippen LogP contribution < -0.4 is 9.62 Å². The van der Waals surface area contributed by atoms with Crippen LogP contribution >= 0.6 is 11.6 Å². The summed E-state index contributed by atoms with van der Waals surface area (Å²) in [5, 5.41) is 14.8. The number of carbonyl (C=O) groups excluding carboxylic acids is 2. The molecule has 0 saturated carbocycles. The van der Waals surface area contributed by atoms with Crippen LogP contribution in [0.15, 0.2) is 72.8 Å². The van der Waals surface area contributed by atoms with Gasteiger partial charge < -0.3 is 10.2 Å². The van der Waals surface area contributed by atoms with Gasteiger partial charge in [-0.1, -0.05) is 60.1 Å². The Labute approximate surface area is 245 Å². The molecule has 0 heterocycles. The van der Waals surface area contributed by atoms with Crippen LogP contribution in [0, 0.1) is 17.0 Å². The number of non-ortho nitro benzene ring substituents is 1. The molecule has 0 unspecified atom stereocenters. The van der Waals surface area contributed by atoms with Gasteiger partial charge in [-0.05, 0) is 49.6 Å². The number of nitro groups is 1. The Morgan fingerprint density at radius 1 is 1.00 bits per heavy atom. The first kappa shape index (κ1) is 31.6. The van der Waals surface area contributed by atoms with Gasteiger partial charge in [-0.25, -0.2) is 8.42 Å². The number of halogens is 1. The highest BCUT2D eigenvalue weighted by Gasteiger charge is 2.34. The molecule has 0 radical (unpaired) electrons. The van der Waals surface area contributed by atoms with E-state index in [9.17, 15) is 28.1 Å². The van der Waals surface area contributed by atoms with E-state index in [0.29, 0.717) is 16.1 Å². The van der Waals surface area contributed by atoms with E-state index < -0.39 is 39.3 Å². The van der Waals surface area contributed by atoms with Crippen LogP contribution in [0.5, 0.6) is 0 Å². The first-order valence-corrected chi connectivity index (χ1v) is 15.1. The molecule has 3 aromatic rings. The van der Waals surface area contributed by atoms with Gasteiger partial charge in [0.05, 0.1) is 16.9 Å². The second-order valence-corrected chi connectivity index (χ2v) is 12.4. The summed E-state index contributed by atoms with van der Waals surface area (Å²) in [6.45, 7) is 4.53. The molecule has 0 aliphatic heterocycles. The fourth-order valence-electron chi connectivity index (χ4n) is 4.30. The molecule has 0 saturated heterocycles. The summed E-state index contributed by atoms with van der Waals surface area (Å²) in [6, 6.07) is 18.6. The standard InChI is InChI=1S/C29H33ClN4O6S/c1-20(2)31-29(36)27(16-22-8-6-5-7-9-22)32(18-23-11-13-24(30)14-12-23)28(35)19-33(41(4,39)40)26-17-25(34(37)38)15-10-21(26)3/h5-15,17,20,27H,16,18-19H2,1-4H3,(H,31,36)/t27-/m1/s1. The van der Waals surface area contributed by atoms with Gasteiger partial charge >= 0.3 is 0 Å². The first-order valence-electron chi connectivity index (χ1n) is 12.9. The molecule has 12 heteroatoms. The predicted molar refractivity (Wildman–Crippen MR) is 159 cm³/mol. The number of amides is 2. The van der Waals surface area contributed by atoms with Crippen molar-refractivity contribution in [3.05, 3.63) is 105 Å². The number of aryl methyl sites for hydroxylation is 1. The summed E-state index contributed by atoms with van der Waals surface area (Å²) in [7, 11) is -4.07. The van der Waals surface area contributed by atoms with Crippen molar-refractivity contribution in [1.29, 1.82) is 0 Å². The number of hydrogen-bond acceptors (Lipinski definition) is 6. The lowest BCUT2D eigenvalue weighted by Crippen LogP contribution is -2.54. The number of carbonyl (C=O) groups is 2. The van der Waals surface area contributed by atoms with Crippen molar-refractivity contribution in [1.82, 2.24) is 10.2 Å². The third kappa shape index (κ3) is 8.76. The average molecular weight is 601 g/mol. The molecule has 0 bridgehead atoms. The topological polar surface area (TPSA) is 130 Å². The van der Waals surface area contributed by atoms with Crippen molar-refractivity contribution in [2.24, 2.45) is 0 Å². The van der Waals surface area contributed by atoms with Crippen molar-refractivity contribution < 1.29 is 22.9 Å². The monoisotopic (exact) mass is 600 g/mol. The zero-order chi connectivity index (χ0) is 30.3. The highest BCUT2D eigenvalue weighted by molar-refractivity contribution is 7.92. The molecule has 0 aliphatic carbocycles. The molecule has 3 rings (SSSR count). The van der Waals surface area contributed by atoms with Gasteiger partial charge in [-0.3, -0.25) is 24.0 Å². The minimum absolute atomic E-state index is 0.00716. The maximum atomic E-state index is 14.1. The summed E-state index contributed by atoms with van der Waals surface area (Å²) < 4.78 is 26.7. The van der Waals surface area contributed by atoms with Crippen LogP contribution in [0.25, 0.3) is 0 Å². The van der Waals surface area contributed by atoms with Crippen LogP contribution in [0.1, 0.15) is 30.5 Å². The maximum Gasteiger partial charge on any atom is 0.271 e. The van der Waals surface area contributed by atoms with Crippen LogP contribution in [0.3, 0.4) is 0 Å². The Hall–Kier alpha value is -3.96. The highest BCUT2D eigenvalue weighted by Crippen LogP contribution is 2.28. The molecule has 218 valence electrons. The Morgan fingerprint density at radius 2 is 1.63 bits per heavy atom. The Morgan fingerprint density at radius 3 is 2.20 bits per heavy atom. The summed E-state index contributed by atoms with van der Waals surface area (Å²) in [4.78, 5) is 39.8. The molecule has 3 aromatic carbocycles. The number of nitro benzene ring substituents is 1. The number of rotatable bonds is 12. The van der Waals surface area contributed by atoms with Gasteiger partial charge in [0.25, 0.3) is 5.69 Å². The Kier molecular flexibility index (Phi) is 10.5. The predicted octanol–water partition coefficient (Wildman–Crippen LogP) is 4.49. The summed E-state index contributed by atoms with van der Waals surface area (Å²) >= 11 is 6.06. The molecule has 1 N–H and O–H groups in total. The van der Waals surface area contributed by atoms with E-state index in [1.165, 1.54) is 17.0 Å². The SMILES string of the molecule is Cc1ccc([N+](=O)[O-])cc1N(CC(=O)N(Cc1ccc(Cl)cc1)[C@H](Cc1ccccc1)C(=O)NC(C)C)S(C)(=O)=O. The molecule has 0 fully saturated rings. The molecular weight excluding hydrogens is 568 g/mol. The third-order valence-electron chi connectivity index (χ3n) is 6.32. The maximum absolute atomic E-state index is 14.1. The van der Waals surface area contributed by atoms with E-state index in [1.54, 1.807) is 45.0 Å². The Balaban J connectivity index is 2.10. The van der Waals surface area contributed by atoms with E-state index >= 15 is 0 Å². The quantitative estimate of drug-likeness (QED) is 0.241. The van der Waals surface area contributed by atoms with E-state index in [1.807, 2.05) is 30.3 Å². The smallest absolute Gasteiger partial charge is 0.271 e. The first-order chi connectivity index (χ1) is 19.3. The number of hydrogen-bond donors (Lipinski definition) is 1. The second kappa shape index (κ2) is 13.6. The minimum atomic E-state index is -4.07. The van der Waals surface area contributed by atoms with Crippen molar-refractivity contribution >= 4 is 44.8 Å². The lowest BCUT2D eigenvalue weighted by molar-refractivity contribution is -0.384. The molecule has 2 amide bonds. The van der Waals surface area contributed by atoms with E-state index in [0.717, 1.165) is 22.2 Å². The van der Waals surface area contributed by atoms with E-state index in [-0.39, 0.29) is 30.4 Å². The molecule has 0 aromatic heterocycles. The van der Waals surface area contributed by atoms with Crippen molar-refractivity contribution in [2.75, 3.05) is 17.1 Å². The zero-order valence-electron chi connectivity index (χ0n) is 23.3. The molecular formula is C29H33ClN4O6S. The highest BCUT2D eigenvalue weighted by atomic mass is 35.5. The van der Waals surface area contributed by atoms with Gasteiger partial charge in [-0.2, -0.15) is 0 Å². The largest absolute Gasteiger partial charge is 0.352 e. The molecule has 10 nitrogen and oxygen atoms in total. The van der Waals surface area contributed by atoms with Crippen LogP contribution in [-0.4, -0.2) is 54.9 Å². The van der Waals surface area contributed by atoms with Gasteiger partial charge in [0.15, 0.2) is 0 Å². The van der Waals surface area contributed by atoms with Gasteiger partial charge in [0, 0.05) is 36.2 Å². The average Bonchev–Trinajstić information content (AvgIpc) is 2.90. The Bertz CT molecular complexity index is 1500. The van der Waals surface area contributed by atoms with Crippen molar-refractivity contribution in [3.63, 3.8) is 0 Å². The van der Waals surface area contributed by atoms with Crippen molar-refractivity contribution in [3.8, 4) is 0 Å². The molecule has 1 atom stereocenters. The van der Waals surface area contributed by atoms with Crippen LogP contribution in [0.2, 0.25) is 5.02 Å². The summed E-state index contributed by atoms with van der Waals surface area (Å²) in [6.07, 6.45) is 1.10. The number of nitrogens with zero attached hydrogens (tertiary/aromatic N) is 3. The van der Waals surface area contributed by atoms with Crippen LogP contribution in [0.4, 0.5) is 11.4 Å². The number of sulfonamides is 1. The lowest BCUT2D eigenvalue weighted by atomic mass is 10.0.